The molecule has 92 valence electrons. The van der Waals surface area contributed by atoms with E-state index in [1.54, 1.807) is 0 Å². The summed E-state index contributed by atoms with van der Waals surface area (Å²) in [6, 6.07) is 0.274. The Morgan fingerprint density at radius 3 is 3.18 bits per heavy atom. The minimum absolute atomic E-state index is 0.130. The van der Waals surface area contributed by atoms with Crippen molar-refractivity contribution in [3.8, 4) is 0 Å². The van der Waals surface area contributed by atoms with Crippen LogP contribution in [0.2, 0.25) is 0 Å². The third kappa shape index (κ3) is 2.22. The van der Waals surface area contributed by atoms with E-state index in [1.165, 1.54) is 12.0 Å². The van der Waals surface area contributed by atoms with Crippen LogP contribution >= 0.6 is 0 Å². The summed E-state index contributed by atoms with van der Waals surface area (Å²) < 4.78 is 5.07. The molecule has 0 N–H and O–H groups in total. The zero-order valence-electron chi connectivity index (χ0n) is 9.97. The van der Waals surface area contributed by atoms with E-state index in [4.69, 9.17) is 4.74 Å². The zero-order valence-corrected chi connectivity index (χ0v) is 9.97. The average Bonchev–Trinajstić information content (AvgIpc) is 2.72. The molecule has 2 fully saturated rings. The Kier molecular flexibility index (Phi) is 2.89. The molecule has 0 aromatic carbocycles. The Morgan fingerprint density at radius 1 is 1.41 bits per heavy atom. The maximum absolute atomic E-state index is 11.4. The Hall–Kier alpha value is -1.29. The second-order valence-corrected chi connectivity index (χ2v) is 4.95. The van der Waals surface area contributed by atoms with E-state index in [0.29, 0.717) is 6.61 Å². The van der Waals surface area contributed by atoms with Crippen LogP contribution in [-0.2, 0) is 4.74 Å². The summed E-state index contributed by atoms with van der Waals surface area (Å²) in [4.78, 5) is 15.7. The maximum Gasteiger partial charge on any atom is 0.410 e. The highest BCUT2D eigenvalue weighted by Gasteiger charge is 2.37. The topological polar surface area (TPSA) is 32.8 Å². The largest absolute Gasteiger partial charge is 0.447 e. The minimum atomic E-state index is -0.130. The number of rotatable bonds is 2. The van der Waals surface area contributed by atoms with E-state index < -0.39 is 0 Å². The lowest BCUT2D eigenvalue weighted by Gasteiger charge is -2.35. The van der Waals surface area contributed by atoms with Crippen LogP contribution in [-0.4, -0.2) is 54.7 Å². The summed E-state index contributed by atoms with van der Waals surface area (Å²) in [5.74, 6) is 0. The van der Waals surface area contributed by atoms with Crippen molar-refractivity contribution in [2.24, 2.45) is 0 Å². The van der Waals surface area contributed by atoms with E-state index in [0.717, 1.165) is 32.6 Å². The Bertz CT molecular complexity index is 376. The SMILES string of the molecule is O=C1OCC2CN(CC3=CC=CCC3)CCN12. The average molecular weight is 234 g/mol. The standard InChI is InChI=1S/C13H18N2O2/c16-13-15-7-6-14(9-12(15)10-17-13)8-11-4-2-1-3-5-11/h1-2,4,12H,3,5-10H2. The number of cyclic esters (lactones) is 1. The van der Waals surface area contributed by atoms with Gasteiger partial charge in [0.15, 0.2) is 0 Å². The molecular weight excluding hydrogens is 216 g/mol. The van der Waals surface area contributed by atoms with Crippen molar-refractivity contribution < 1.29 is 9.53 Å². The second-order valence-electron chi connectivity index (χ2n) is 4.95. The summed E-state index contributed by atoms with van der Waals surface area (Å²) in [6.07, 6.45) is 8.80. The molecule has 3 rings (SSSR count). The molecule has 1 unspecified atom stereocenters. The summed E-state index contributed by atoms with van der Waals surface area (Å²) >= 11 is 0. The van der Waals surface area contributed by atoms with Gasteiger partial charge in [0.2, 0.25) is 0 Å². The molecule has 0 aromatic heterocycles. The van der Waals surface area contributed by atoms with Gasteiger partial charge in [0.1, 0.15) is 6.61 Å². The second kappa shape index (κ2) is 4.53. The van der Waals surface area contributed by atoms with Gasteiger partial charge in [-0.1, -0.05) is 23.8 Å². The van der Waals surface area contributed by atoms with Crippen LogP contribution in [0.5, 0.6) is 0 Å². The van der Waals surface area contributed by atoms with Gasteiger partial charge >= 0.3 is 6.09 Å². The summed E-state index contributed by atoms with van der Waals surface area (Å²) in [7, 11) is 0. The Balaban J connectivity index is 1.58. The van der Waals surface area contributed by atoms with Gasteiger partial charge in [-0.05, 0) is 12.8 Å². The number of amides is 1. The van der Waals surface area contributed by atoms with E-state index in [1.807, 2.05) is 4.90 Å². The lowest BCUT2D eigenvalue weighted by Crippen LogP contribution is -2.52. The van der Waals surface area contributed by atoms with Crippen molar-refractivity contribution in [3.05, 3.63) is 23.8 Å². The summed E-state index contributed by atoms with van der Waals surface area (Å²) in [6.45, 7) is 4.34. The fourth-order valence-corrected chi connectivity index (χ4v) is 2.77. The Morgan fingerprint density at radius 2 is 2.35 bits per heavy atom. The summed E-state index contributed by atoms with van der Waals surface area (Å²) in [5, 5.41) is 0. The van der Waals surface area contributed by atoms with E-state index in [9.17, 15) is 4.79 Å². The highest BCUT2D eigenvalue weighted by Crippen LogP contribution is 2.20. The van der Waals surface area contributed by atoms with Crippen molar-refractivity contribution in [2.45, 2.75) is 18.9 Å². The molecule has 2 heterocycles. The number of allylic oxidation sites excluding steroid dienone is 3. The molecule has 0 radical (unpaired) electrons. The molecule has 2 aliphatic heterocycles. The van der Waals surface area contributed by atoms with Crippen LogP contribution in [0.3, 0.4) is 0 Å². The van der Waals surface area contributed by atoms with Gasteiger partial charge in [-0.15, -0.1) is 0 Å². The molecule has 0 spiro atoms. The molecule has 0 bridgehead atoms. The third-order valence-corrected chi connectivity index (χ3v) is 3.73. The fourth-order valence-electron chi connectivity index (χ4n) is 2.77. The monoisotopic (exact) mass is 234 g/mol. The van der Waals surface area contributed by atoms with Crippen molar-refractivity contribution in [3.63, 3.8) is 0 Å². The van der Waals surface area contributed by atoms with Crippen molar-refractivity contribution in [1.82, 2.24) is 9.80 Å². The first-order valence-corrected chi connectivity index (χ1v) is 6.33. The van der Waals surface area contributed by atoms with E-state index in [-0.39, 0.29) is 12.1 Å². The zero-order chi connectivity index (χ0) is 11.7. The summed E-state index contributed by atoms with van der Waals surface area (Å²) in [5.41, 5.74) is 1.51. The molecule has 0 aromatic rings. The molecule has 3 aliphatic rings. The first kappa shape index (κ1) is 10.8. The van der Waals surface area contributed by atoms with Gasteiger partial charge in [-0.25, -0.2) is 4.79 Å². The quantitative estimate of drug-likeness (QED) is 0.724. The number of piperazine rings is 1. The van der Waals surface area contributed by atoms with E-state index in [2.05, 4.69) is 23.1 Å². The van der Waals surface area contributed by atoms with Crippen LogP contribution < -0.4 is 0 Å². The molecule has 1 amide bonds. The lowest BCUT2D eigenvalue weighted by molar-refractivity contribution is 0.125. The number of hydrogen-bond donors (Lipinski definition) is 0. The number of carbonyl (C=O) groups excluding carboxylic acids is 1. The van der Waals surface area contributed by atoms with Gasteiger partial charge in [-0.2, -0.15) is 0 Å². The lowest BCUT2D eigenvalue weighted by atomic mass is 10.0. The predicted molar refractivity (Wildman–Crippen MR) is 64.7 cm³/mol. The number of hydrogen-bond acceptors (Lipinski definition) is 3. The first-order chi connectivity index (χ1) is 8.33. The van der Waals surface area contributed by atoms with Gasteiger partial charge in [0.05, 0.1) is 6.04 Å². The van der Waals surface area contributed by atoms with Gasteiger partial charge in [0.25, 0.3) is 0 Å². The van der Waals surface area contributed by atoms with Crippen molar-refractivity contribution >= 4 is 6.09 Å². The molecular formula is C13H18N2O2. The molecule has 0 saturated carbocycles. The van der Waals surface area contributed by atoms with Gasteiger partial charge in [0, 0.05) is 26.2 Å². The molecule has 4 heteroatoms. The first-order valence-electron chi connectivity index (χ1n) is 6.33. The number of carbonyl (C=O) groups is 1. The van der Waals surface area contributed by atoms with Gasteiger partial charge in [-0.3, -0.25) is 9.80 Å². The molecule has 2 saturated heterocycles. The van der Waals surface area contributed by atoms with E-state index >= 15 is 0 Å². The van der Waals surface area contributed by atoms with Crippen molar-refractivity contribution in [1.29, 1.82) is 0 Å². The maximum atomic E-state index is 11.4. The molecule has 1 aliphatic carbocycles. The Labute approximate surface area is 102 Å². The molecule has 17 heavy (non-hydrogen) atoms. The highest BCUT2D eigenvalue weighted by molar-refractivity contribution is 5.70. The van der Waals surface area contributed by atoms with Crippen LogP contribution in [0.15, 0.2) is 23.8 Å². The van der Waals surface area contributed by atoms with Gasteiger partial charge < -0.3 is 4.74 Å². The fraction of sp³-hybridized carbons (Fsp3) is 0.615. The smallest absolute Gasteiger partial charge is 0.410 e. The van der Waals surface area contributed by atoms with Crippen LogP contribution in [0.1, 0.15) is 12.8 Å². The molecule has 4 nitrogen and oxygen atoms in total. The third-order valence-electron chi connectivity index (χ3n) is 3.73. The van der Waals surface area contributed by atoms with Crippen LogP contribution in [0, 0.1) is 0 Å². The minimum Gasteiger partial charge on any atom is -0.447 e. The number of ether oxygens (including phenoxy) is 1. The molecule has 1 atom stereocenters. The highest BCUT2D eigenvalue weighted by atomic mass is 16.6. The number of nitrogens with zero attached hydrogens (tertiary/aromatic N) is 2. The van der Waals surface area contributed by atoms with Crippen molar-refractivity contribution in [2.75, 3.05) is 32.8 Å². The number of fused-ring (bicyclic) bond motifs is 1. The normalized spacial score (nSPS) is 28.9. The predicted octanol–water partition coefficient (Wildman–Crippen LogP) is 1.40. The van der Waals surface area contributed by atoms with Crippen LogP contribution in [0.25, 0.3) is 0 Å². The van der Waals surface area contributed by atoms with Crippen LogP contribution in [0.4, 0.5) is 4.79 Å².